The van der Waals surface area contributed by atoms with Crippen LogP contribution in [0.4, 0.5) is 23.1 Å². The molecule has 0 aliphatic carbocycles. The van der Waals surface area contributed by atoms with E-state index in [9.17, 15) is 4.79 Å². The lowest BCUT2D eigenvalue weighted by atomic mass is 10.1. The second-order valence-electron chi connectivity index (χ2n) is 7.45. The maximum Gasteiger partial charge on any atom is 0.293 e. The molecule has 9 nitrogen and oxygen atoms in total. The summed E-state index contributed by atoms with van der Waals surface area (Å²) < 4.78 is 7.07. The number of hydrogen-bond donors (Lipinski definition) is 3. The van der Waals surface area contributed by atoms with Crippen LogP contribution in [0.2, 0.25) is 0 Å². The first-order chi connectivity index (χ1) is 15.1. The topological polar surface area (TPSA) is 114 Å². The number of rotatable bonds is 4. The molecule has 0 saturated carbocycles. The van der Waals surface area contributed by atoms with Crippen molar-refractivity contribution in [1.82, 2.24) is 19.5 Å². The van der Waals surface area contributed by atoms with Gasteiger partial charge in [-0.15, -0.1) is 0 Å². The predicted octanol–water partition coefficient (Wildman–Crippen LogP) is 2.49. The molecule has 2 aromatic carbocycles. The fourth-order valence-electron chi connectivity index (χ4n) is 3.84. The van der Waals surface area contributed by atoms with E-state index in [-0.39, 0.29) is 11.4 Å². The first-order valence-electron chi connectivity index (χ1n) is 10.1. The van der Waals surface area contributed by atoms with E-state index in [2.05, 4.69) is 25.2 Å². The van der Waals surface area contributed by atoms with Gasteiger partial charge in [0.1, 0.15) is 0 Å². The van der Waals surface area contributed by atoms with Gasteiger partial charge in [0, 0.05) is 25.7 Å². The van der Waals surface area contributed by atoms with Crippen LogP contribution in [-0.2, 0) is 11.8 Å². The van der Waals surface area contributed by atoms with Crippen LogP contribution in [0.25, 0.3) is 22.3 Å². The monoisotopic (exact) mass is 417 g/mol. The Hall–Kier alpha value is -3.85. The maximum absolute atomic E-state index is 13.1. The van der Waals surface area contributed by atoms with E-state index in [0.29, 0.717) is 24.7 Å². The van der Waals surface area contributed by atoms with Crippen LogP contribution in [0.15, 0.2) is 53.5 Å². The first kappa shape index (κ1) is 19.1. The molecular weight excluding hydrogens is 394 g/mol. The molecule has 3 heterocycles. The minimum Gasteiger partial charge on any atom is -0.378 e. The summed E-state index contributed by atoms with van der Waals surface area (Å²) in [4.78, 5) is 27.0. The van der Waals surface area contributed by atoms with E-state index in [4.69, 9.17) is 10.5 Å². The molecule has 0 spiro atoms. The van der Waals surface area contributed by atoms with Crippen LogP contribution in [0.5, 0.6) is 0 Å². The lowest BCUT2D eigenvalue weighted by Gasteiger charge is -2.30. The highest BCUT2D eigenvalue weighted by Crippen LogP contribution is 2.29. The van der Waals surface area contributed by atoms with E-state index in [0.717, 1.165) is 41.2 Å². The Labute approximate surface area is 178 Å². The summed E-state index contributed by atoms with van der Waals surface area (Å²) in [5, 5.41) is 3.26. The van der Waals surface area contributed by atoms with E-state index < -0.39 is 0 Å². The normalized spacial score (nSPS) is 14.2. The number of nitrogens with one attached hydrogen (secondary N) is 2. The summed E-state index contributed by atoms with van der Waals surface area (Å²) >= 11 is 0. The van der Waals surface area contributed by atoms with Crippen molar-refractivity contribution < 1.29 is 4.74 Å². The molecule has 2 aromatic heterocycles. The van der Waals surface area contributed by atoms with Crippen molar-refractivity contribution in [3.05, 3.63) is 59.0 Å². The molecule has 1 aliphatic heterocycles. The number of aromatic nitrogens is 4. The zero-order valence-electron chi connectivity index (χ0n) is 17.1. The van der Waals surface area contributed by atoms with Crippen molar-refractivity contribution in [3.63, 3.8) is 0 Å². The zero-order chi connectivity index (χ0) is 21.4. The van der Waals surface area contributed by atoms with Crippen molar-refractivity contribution >= 4 is 34.2 Å². The molecule has 1 fully saturated rings. The number of anilines is 4. The number of hydrogen-bond acceptors (Lipinski definition) is 7. The molecule has 0 amide bonds. The van der Waals surface area contributed by atoms with E-state index in [1.165, 1.54) is 0 Å². The molecule has 0 bridgehead atoms. The van der Waals surface area contributed by atoms with Crippen molar-refractivity contribution in [2.45, 2.75) is 0 Å². The van der Waals surface area contributed by atoms with Gasteiger partial charge in [-0.05, 0) is 24.3 Å². The molecule has 9 heteroatoms. The lowest BCUT2D eigenvalue weighted by molar-refractivity contribution is 0.123. The van der Waals surface area contributed by atoms with Gasteiger partial charge in [0.25, 0.3) is 5.56 Å². The van der Waals surface area contributed by atoms with Crippen LogP contribution < -0.4 is 21.5 Å². The number of morpholine rings is 1. The van der Waals surface area contributed by atoms with Gasteiger partial charge in [0.05, 0.1) is 47.5 Å². The number of nitrogens with two attached hydrogens (primary N) is 1. The van der Waals surface area contributed by atoms with Crippen LogP contribution in [0.3, 0.4) is 0 Å². The third kappa shape index (κ3) is 3.59. The summed E-state index contributed by atoms with van der Waals surface area (Å²) in [6.45, 7) is 2.99. The Morgan fingerprint density at radius 1 is 1.16 bits per heavy atom. The number of nitrogen functional groups attached to an aromatic ring is 1. The molecule has 1 saturated heterocycles. The first-order valence-corrected chi connectivity index (χ1v) is 10.1. The molecule has 31 heavy (non-hydrogen) atoms. The Morgan fingerprint density at radius 2 is 1.97 bits per heavy atom. The Kier molecular flexibility index (Phi) is 4.79. The largest absolute Gasteiger partial charge is 0.378 e. The minimum atomic E-state index is -0.203. The number of aryl methyl sites for hydroxylation is 1. The highest BCUT2D eigenvalue weighted by Gasteiger charge is 2.17. The quantitative estimate of drug-likeness (QED) is 0.467. The number of benzene rings is 2. The number of nitrogens with zero attached hydrogens (tertiary/aromatic N) is 4. The molecule has 158 valence electrons. The predicted molar refractivity (Wildman–Crippen MR) is 122 cm³/mol. The van der Waals surface area contributed by atoms with Crippen LogP contribution in [0.1, 0.15) is 0 Å². The van der Waals surface area contributed by atoms with Gasteiger partial charge in [-0.1, -0.05) is 18.2 Å². The minimum absolute atomic E-state index is 0.203. The van der Waals surface area contributed by atoms with Crippen LogP contribution in [-0.4, -0.2) is 45.8 Å². The third-order valence-corrected chi connectivity index (χ3v) is 5.49. The van der Waals surface area contributed by atoms with Gasteiger partial charge < -0.3 is 30.2 Å². The third-order valence-electron chi connectivity index (χ3n) is 5.49. The molecule has 0 unspecified atom stereocenters. The highest BCUT2D eigenvalue weighted by molar-refractivity contribution is 5.83. The number of para-hydroxylation sites is 2. The number of fused-ring (bicyclic) bond motifs is 1. The van der Waals surface area contributed by atoms with Crippen LogP contribution in [0, 0.1) is 0 Å². The summed E-state index contributed by atoms with van der Waals surface area (Å²) in [5.74, 6) is 0.634. The summed E-state index contributed by atoms with van der Waals surface area (Å²) in [5.41, 5.74) is 10.5. The average Bonchev–Trinajstić information content (AvgIpc) is 3.24. The SMILES string of the molecule is Cn1c(=O)c(Nc2ccccc2N2CCOCC2)nc2ccc(-c3cnc(N)[nH]3)cc21. The van der Waals surface area contributed by atoms with Crippen molar-refractivity contribution in [2.75, 3.05) is 42.3 Å². The summed E-state index contributed by atoms with van der Waals surface area (Å²) in [6, 6.07) is 13.7. The number of ether oxygens (including phenoxy) is 1. The molecular formula is C22H23N7O2. The van der Waals surface area contributed by atoms with Crippen molar-refractivity contribution in [2.24, 2.45) is 7.05 Å². The average molecular weight is 417 g/mol. The fraction of sp³-hybridized carbons (Fsp3) is 0.227. The molecule has 0 atom stereocenters. The summed E-state index contributed by atoms with van der Waals surface area (Å²) in [6.07, 6.45) is 1.67. The Bertz CT molecular complexity index is 1300. The second-order valence-corrected chi connectivity index (χ2v) is 7.45. The Morgan fingerprint density at radius 3 is 2.74 bits per heavy atom. The van der Waals surface area contributed by atoms with Gasteiger partial charge in [-0.25, -0.2) is 9.97 Å². The maximum atomic E-state index is 13.1. The second kappa shape index (κ2) is 7.77. The summed E-state index contributed by atoms with van der Waals surface area (Å²) in [7, 11) is 1.75. The lowest BCUT2D eigenvalue weighted by Crippen LogP contribution is -2.36. The standard InChI is InChI=1S/C22H23N7O2/c1-28-19-12-14(17-13-24-22(23)27-17)6-7-16(19)26-20(21(28)30)25-15-4-2-3-5-18(15)29-8-10-31-11-9-29/h2-7,12-13H,8-11H2,1H3,(H,25,26)(H3,23,24,27). The van der Waals surface area contributed by atoms with Gasteiger partial charge in [-0.3, -0.25) is 4.79 Å². The highest BCUT2D eigenvalue weighted by atomic mass is 16.5. The van der Waals surface area contributed by atoms with Crippen molar-refractivity contribution in [1.29, 1.82) is 0 Å². The molecule has 0 radical (unpaired) electrons. The molecule has 5 rings (SSSR count). The van der Waals surface area contributed by atoms with Gasteiger partial charge >= 0.3 is 0 Å². The fourth-order valence-corrected chi connectivity index (χ4v) is 3.84. The smallest absolute Gasteiger partial charge is 0.293 e. The number of imidazole rings is 1. The van der Waals surface area contributed by atoms with Crippen molar-refractivity contribution in [3.8, 4) is 11.3 Å². The zero-order valence-corrected chi connectivity index (χ0v) is 17.1. The van der Waals surface area contributed by atoms with Crippen LogP contribution >= 0.6 is 0 Å². The number of aromatic amines is 1. The number of H-pyrrole nitrogens is 1. The molecule has 1 aliphatic rings. The molecule has 4 aromatic rings. The van der Waals surface area contributed by atoms with Gasteiger partial charge in [-0.2, -0.15) is 0 Å². The Balaban J connectivity index is 1.53. The van der Waals surface area contributed by atoms with E-state index >= 15 is 0 Å². The van der Waals surface area contributed by atoms with E-state index in [1.54, 1.807) is 17.8 Å². The van der Waals surface area contributed by atoms with Gasteiger partial charge in [0.2, 0.25) is 0 Å². The van der Waals surface area contributed by atoms with E-state index in [1.807, 2.05) is 42.5 Å². The van der Waals surface area contributed by atoms with Gasteiger partial charge in [0.15, 0.2) is 11.8 Å². The molecule has 4 N–H and O–H groups in total.